The van der Waals surface area contributed by atoms with Crippen LogP contribution in [0.1, 0.15) is 0 Å². The molecule has 0 spiro atoms. The van der Waals surface area contributed by atoms with Gasteiger partial charge in [0.05, 0.1) is 0 Å². The Morgan fingerprint density at radius 1 is 1.45 bits per heavy atom. The third-order valence-electron chi connectivity index (χ3n) is 1.19. The van der Waals surface area contributed by atoms with E-state index in [4.69, 9.17) is 0 Å². The van der Waals surface area contributed by atoms with Crippen molar-refractivity contribution >= 4 is 34.4 Å². The maximum atomic E-state index is 3.68. The van der Waals surface area contributed by atoms with Gasteiger partial charge in [-0.2, -0.15) is 0 Å². The van der Waals surface area contributed by atoms with E-state index in [2.05, 4.69) is 53.4 Å². The molecular weight excluding hydrogens is 267 g/mol. The van der Waals surface area contributed by atoms with Gasteiger partial charge >= 0.3 is 0 Å². The highest BCUT2D eigenvalue weighted by Gasteiger charge is 1.95. The van der Waals surface area contributed by atoms with Gasteiger partial charge in [-0.05, 0) is 34.7 Å². The van der Waals surface area contributed by atoms with Crippen LogP contribution in [-0.4, -0.2) is 5.75 Å². The Morgan fingerprint density at radius 2 is 2.18 bits per heavy atom. The maximum Gasteiger partial charge on any atom is 0.0266 e. The third-order valence-corrected chi connectivity index (χ3v) is 3.57. The van der Waals surface area contributed by atoms with E-state index < -0.39 is 0 Å². The number of rotatable bonds is 3. The summed E-state index contributed by atoms with van der Waals surface area (Å²) in [6.07, 6.45) is 1.92. The predicted molar refractivity (Wildman–Crippen MR) is 60.1 cm³/mol. The first kappa shape index (κ1) is 9.13. The van der Waals surface area contributed by atoms with E-state index >= 15 is 0 Å². The minimum atomic E-state index is 0.986. The first-order chi connectivity index (χ1) is 5.34. The van der Waals surface area contributed by atoms with Crippen LogP contribution in [0.25, 0.3) is 0 Å². The molecule has 0 amide bonds. The SMILES string of the molecule is C=CCSc1ccccc1I. The standard InChI is InChI=1S/C9H9IS/c1-2-7-11-9-6-4-3-5-8(9)10/h2-6H,1,7H2. The number of thioether (sulfide) groups is 1. The molecule has 0 N–H and O–H groups in total. The second-order valence-corrected chi connectivity index (χ2v) is 4.25. The van der Waals surface area contributed by atoms with Crippen LogP contribution in [0, 0.1) is 3.57 Å². The summed E-state index contributed by atoms with van der Waals surface area (Å²) < 4.78 is 1.32. The Balaban J connectivity index is 2.69. The second-order valence-electron chi connectivity index (χ2n) is 2.03. The molecule has 0 aliphatic carbocycles. The van der Waals surface area contributed by atoms with Gasteiger partial charge in [0.15, 0.2) is 0 Å². The molecule has 58 valence electrons. The van der Waals surface area contributed by atoms with Gasteiger partial charge in [-0.25, -0.2) is 0 Å². The quantitative estimate of drug-likeness (QED) is 0.462. The topological polar surface area (TPSA) is 0 Å². The smallest absolute Gasteiger partial charge is 0.0266 e. The van der Waals surface area contributed by atoms with Gasteiger partial charge in [0.1, 0.15) is 0 Å². The molecule has 0 nitrogen and oxygen atoms in total. The third kappa shape index (κ3) is 2.87. The molecule has 0 fully saturated rings. The van der Waals surface area contributed by atoms with Crippen molar-refractivity contribution in [3.63, 3.8) is 0 Å². The molecule has 0 saturated carbocycles. The van der Waals surface area contributed by atoms with E-state index in [1.807, 2.05) is 17.8 Å². The number of benzene rings is 1. The zero-order chi connectivity index (χ0) is 8.10. The molecule has 11 heavy (non-hydrogen) atoms. The maximum absolute atomic E-state index is 3.68. The predicted octanol–water partition coefficient (Wildman–Crippen LogP) is 3.57. The average molecular weight is 276 g/mol. The van der Waals surface area contributed by atoms with E-state index in [0.29, 0.717) is 0 Å². The first-order valence-corrected chi connectivity index (χ1v) is 5.39. The zero-order valence-electron chi connectivity index (χ0n) is 6.09. The summed E-state index contributed by atoms with van der Waals surface area (Å²) in [5.74, 6) is 0.986. The second kappa shape index (κ2) is 4.83. The summed E-state index contributed by atoms with van der Waals surface area (Å²) in [5.41, 5.74) is 0. The van der Waals surface area contributed by atoms with Crippen molar-refractivity contribution in [1.29, 1.82) is 0 Å². The zero-order valence-corrected chi connectivity index (χ0v) is 9.06. The molecule has 0 heterocycles. The highest BCUT2D eigenvalue weighted by atomic mass is 127. The minimum Gasteiger partial charge on any atom is -0.121 e. The van der Waals surface area contributed by atoms with E-state index in [1.165, 1.54) is 8.47 Å². The molecule has 1 aromatic rings. The van der Waals surface area contributed by atoms with Crippen LogP contribution in [0.4, 0.5) is 0 Å². The molecule has 0 saturated heterocycles. The van der Waals surface area contributed by atoms with Crippen LogP contribution < -0.4 is 0 Å². The Bertz CT molecular complexity index is 245. The van der Waals surface area contributed by atoms with Crippen molar-refractivity contribution in [2.75, 3.05) is 5.75 Å². The van der Waals surface area contributed by atoms with Crippen molar-refractivity contribution in [2.45, 2.75) is 4.90 Å². The van der Waals surface area contributed by atoms with Crippen molar-refractivity contribution in [1.82, 2.24) is 0 Å². The van der Waals surface area contributed by atoms with Gasteiger partial charge in [-0.1, -0.05) is 18.2 Å². The molecule has 0 bridgehead atoms. The molecule has 2 heteroatoms. The van der Waals surface area contributed by atoms with Crippen molar-refractivity contribution < 1.29 is 0 Å². The van der Waals surface area contributed by atoms with Crippen LogP contribution in [-0.2, 0) is 0 Å². The fourth-order valence-electron chi connectivity index (χ4n) is 0.710. The summed E-state index contributed by atoms with van der Waals surface area (Å²) in [4.78, 5) is 1.34. The summed E-state index contributed by atoms with van der Waals surface area (Å²) in [6, 6.07) is 8.37. The van der Waals surface area contributed by atoms with Gasteiger partial charge in [0.25, 0.3) is 0 Å². The molecular formula is C9H9IS. The number of halogens is 1. The lowest BCUT2D eigenvalue weighted by atomic mass is 10.4. The van der Waals surface area contributed by atoms with Crippen molar-refractivity contribution in [2.24, 2.45) is 0 Å². The van der Waals surface area contributed by atoms with Crippen LogP contribution in [0.5, 0.6) is 0 Å². The van der Waals surface area contributed by atoms with Crippen molar-refractivity contribution in [3.8, 4) is 0 Å². The van der Waals surface area contributed by atoms with E-state index in [9.17, 15) is 0 Å². The Morgan fingerprint density at radius 3 is 2.82 bits per heavy atom. The van der Waals surface area contributed by atoms with Crippen molar-refractivity contribution in [3.05, 3.63) is 40.5 Å². The fourth-order valence-corrected chi connectivity index (χ4v) is 2.24. The van der Waals surface area contributed by atoms with Crippen LogP contribution in [0.2, 0.25) is 0 Å². The average Bonchev–Trinajstić information content (AvgIpc) is 2.03. The van der Waals surface area contributed by atoms with Gasteiger partial charge in [0.2, 0.25) is 0 Å². The molecule has 1 aromatic carbocycles. The lowest BCUT2D eigenvalue weighted by Gasteiger charge is -1.99. The lowest BCUT2D eigenvalue weighted by molar-refractivity contribution is 1.40. The lowest BCUT2D eigenvalue weighted by Crippen LogP contribution is -1.77. The van der Waals surface area contributed by atoms with E-state index in [1.54, 1.807) is 0 Å². The molecule has 0 aliphatic rings. The largest absolute Gasteiger partial charge is 0.121 e. The highest BCUT2D eigenvalue weighted by Crippen LogP contribution is 2.23. The van der Waals surface area contributed by atoms with Crippen LogP contribution in [0.15, 0.2) is 41.8 Å². The van der Waals surface area contributed by atoms with Crippen LogP contribution in [0.3, 0.4) is 0 Å². The minimum absolute atomic E-state index is 0.986. The molecule has 0 unspecified atom stereocenters. The summed E-state index contributed by atoms with van der Waals surface area (Å²) in [6.45, 7) is 3.68. The summed E-state index contributed by atoms with van der Waals surface area (Å²) in [7, 11) is 0. The Kier molecular flexibility index (Phi) is 4.01. The highest BCUT2D eigenvalue weighted by molar-refractivity contribution is 14.1. The van der Waals surface area contributed by atoms with E-state index in [-0.39, 0.29) is 0 Å². The molecule has 0 aromatic heterocycles. The van der Waals surface area contributed by atoms with E-state index in [0.717, 1.165) is 5.75 Å². The molecule has 1 rings (SSSR count). The first-order valence-electron chi connectivity index (χ1n) is 3.33. The molecule has 0 aliphatic heterocycles. The Hall–Kier alpha value is 0.0400. The molecule has 0 radical (unpaired) electrons. The van der Waals surface area contributed by atoms with Gasteiger partial charge in [-0.3, -0.25) is 0 Å². The number of hydrogen-bond donors (Lipinski definition) is 0. The van der Waals surface area contributed by atoms with Gasteiger partial charge in [0, 0.05) is 14.2 Å². The monoisotopic (exact) mass is 276 g/mol. The van der Waals surface area contributed by atoms with Gasteiger partial charge < -0.3 is 0 Å². The number of hydrogen-bond acceptors (Lipinski definition) is 1. The van der Waals surface area contributed by atoms with Crippen LogP contribution >= 0.6 is 34.4 Å². The summed E-state index contributed by atoms with van der Waals surface area (Å²) >= 11 is 4.17. The van der Waals surface area contributed by atoms with Gasteiger partial charge in [-0.15, -0.1) is 18.3 Å². The molecule has 0 atom stereocenters. The summed E-state index contributed by atoms with van der Waals surface area (Å²) in [5, 5.41) is 0. The fraction of sp³-hybridized carbons (Fsp3) is 0.111. The Labute approximate surface area is 85.2 Å². The normalized spacial score (nSPS) is 9.55.